The average Bonchev–Trinajstić information content (AvgIpc) is 2.70. The van der Waals surface area contributed by atoms with E-state index < -0.39 is 6.04 Å². The second-order valence-electron chi connectivity index (χ2n) is 6.24. The molecule has 0 aromatic heterocycles. The molecule has 0 fully saturated rings. The van der Waals surface area contributed by atoms with Crippen LogP contribution >= 0.6 is 0 Å². The highest BCUT2D eigenvalue weighted by atomic mass is 19.1. The predicted molar refractivity (Wildman–Crippen MR) is 104 cm³/mol. The van der Waals surface area contributed by atoms with E-state index in [9.17, 15) is 14.0 Å². The van der Waals surface area contributed by atoms with Crippen molar-refractivity contribution in [3.05, 3.63) is 84.2 Å². The molecule has 0 saturated heterocycles. The minimum atomic E-state index is -0.662. The molecule has 2 amide bonds. The van der Waals surface area contributed by atoms with E-state index in [0.29, 0.717) is 13.0 Å². The Morgan fingerprint density at radius 2 is 1.78 bits per heavy atom. The largest absolute Gasteiger partial charge is 0.351 e. The Labute approximate surface area is 159 Å². The normalized spacial score (nSPS) is 11.5. The van der Waals surface area contributed by atoms with Crippen molar-refractivity contribution in [2.24, 2.45) is 0 Å². The maximum absolute atomic E-state index is 13.2. The van der Waals surface area contributed by atoms with Gasteiger partial charge < -0.3 is 10.2 Å². The van der Waals surface area contributed by atoms with Gasteiger partial charge >= 0.3 is 0 Å². The number of amides is 2. The maximum Gasteiger partial charge on any atom is 0.243 e. The Morgan fingerprint density at radius 1 is 1.11 bits per heavy atom. The molecule has 0 radical (unpaired) electrons. The second kappa shape index (κ2) is 10.3. The molecule has 2 aromatic rings. The molecule has 0 heterocycles. The third-order valence-electron chi connectivity index (χ3n) is 4.26. The molecule has 0 aliphatic carbocycles. The number of nitrogens with zero attached hydrogens (tertiary/aromatic N) is 1. The van der Waals surface area contributed by atoms with E-state index in [-0.39, 0.29) is 30.6 Å². The van der Waals surface area contributed by atoms with Crippen molar-refractivity contribution in [3.8, 4) is 0 Å². The van der Waals surface area contributed by atoms with Gasteiger partial charge in [0.1, 0.15) is 11.9 Å². The van der Waals surface area contributed by atoms with Crippen LogP contribution in [-0.4, -0.2) is 29.3 Å². The summed E-state index contributed by atoms with van der Waals surface area (Å²) in [5.74, 6) is -0.701. The van der Waals surface area contributed by atoms with Crippen LogP contribution in [-0.2, 0) is 22.6 Å². The Kier molecular flexibility index (Phi) is 7.74. The number of carbonyl (C=O) groups is 2. The lowest BCUT2D eigenvalue weighted by Crippen LogP contribution is -2.50. The van der Waals surface area contributed by atoms with Gasteiger partial charge in [-0.15, -0.1) is 6.58 Å². The van der Waals surface area contributed by atoms with Crippen molar-refractivity contribution < 1.29 is 14.0 Å². The molecule has 2 aromatic carbocycles. The first-order valence-electron chi connectivity index (χ1n) is 9.01. The summed E-state index contributed by atoms with van der Waals surface area (Å²) in [4.78, 5) is 27.0. The van der Waals surface area contributed by atoms with Crippen molar-refractivity contribution in [1.82, 2.24) is 10.2 Å². The Bertz CT molecular complexity index is 760. The van der Waals surface area contributed by atoms with E-state index in [1.165, 1.54) is 12.1 Å². The minimum absolute atomic E-state index is 0.131. The van der Waals surface area contributed by atoms with E-state index in [4.69, 9.17) is 0 Å². The van der Waals surface area contributed by atoms with Crippen LogP contribution in [0, 0.1) is 5.82 Å². The Balaban J connectivity index is 2.31. The number of halogens is 1. The van der Waals surface area contributed by atoms with Gasteiger partial charge in [-0.05, 0) is 23.3 Å². The third kappa shape index (κ3) is 6.06. The highest BCUT2D eigenvalue weighted by Gasteiger charge is 2.29. The Hall–Kier alpha value is -2.95. The van der Waals surface area contributed by atoms with Crippen LogP contribution in [0.25, 0.3) is 0 Å². The first-order chi connectivity index (χ1) is 13.0. The van der Waals surface area contributed by atoms with Crippen molar-refractivity contribution in [2.45, 2.75) is 32.4 Å². The molecular weight excluding hydrogens is 343 g/mol. The molecule has 0 spiro atoms. The van der Waals surface area contributed by atoms with Crippen molar-refractivity contribution >= 4 is 11.8 Å². The van der Waals surface area contributed by atoms with Crippen molar-refractivity contribution in [2.75, 3.05) is 6.54 Å². The van der Waals surface area contributed by atoms with Gasteiger partial charge in [0.05, 0.1) is 0 Å². The highest BCUT2D eigenvalue weighted by Crippen LogP contribution is 2.16. The molecule has 0 bridgehead atoms. The molecule has 1 unspecified atom stereocenters. The van der Waals surface area contributed by atoms with Gasteiger partial charge in [0.2, 0.25) is 11.8 Å². The standard InChI is InChI=1S/C22H25FN2O2/c1-3-14-24-22(27)20(15-17-8-6-5-7-9-17)25(21(26)4-2)16-18-10-12-19(23)13-11-18/h3,5-13,20H,1,4,14-16H2,2H3,(H,24,27). The van der Waals surface area contributed by atoms with Crippen LogP contribution in [0.3, 0.4) is 0 Å². The summed E-state index contributed by atoms with van der Waals surface area (Å²) >= 11 is 0. The molecule has 1 N–H and O–H groups in total. The van der Waals surface area contributed by atoms with Crippen LogP contribution in [0.1, 0.15) is 24.5 Å². The van der Waals surface area contributed by atoms with Gasteiger partial charge in [-0.3, -0.25) is 9.59 Å². The van der Waals surface area contributed by atoms with Gasteiger partial charge in [-0.1, -0.05) is 55.5 Å². The van der Waals surface area contributed by atoms with Gasteiger partial charge in [0.15, 0.2) is 0 Å². The van der Waals surface area contributed by atoms with E-state index in [2.05, 4.69) is 11.9 Å². The summed E-state index contributed by atoms with van der Waals surface area (Å²) in [5.41, 5.74) is 1.73. The molecule has 27 heavy (non-hydrogen) atoms. The average molecular weight is 368 g/mol. The van der Waals surface area contributed by atoms with Gasteiger partial charge in [0, 0.05) is 25.9 Å². The maximum atomic E-state index is 13.2. The fraction of sp³-hybridized carbons (Fsp3) is 0.273. The van der Waals surface area contributed by atoms with Crippen LogP contribution in [0.15, 0.2) is 67.3 Å². The fourth-order valence-corrected chi connectivity index (χ4v) is 2.83. The van der Waals surface area contributed by atoms with Crippen LogP contribution < -0.4 is 5.32 Å². The number of carbonyl (C=O) groups excluding carboxylic acids is 2. The van der Waals surface area contributed by atoms with Crippen LogP contribution in [0.4, 0.5) is 4.39 Å². The smallest absolute Gasteiger partial charge is 0.243 e. The van der Waals surface area contributed by atoms with Crippen LogP contribution in [0.5, 0.6) is 0 Å². The summed E-state index contributed by atoms with van der Waals surface area (Å²) in [7, 11) is 0. The fourth-order valence-electron chi connectivity index (χ4n) is 2.83. The monoisotopic (exact) mass is 368 g/mol. The van der Waals surface area contributed by atoms with Crippen molar-refractivity contribution in [1.29, 1.82) is 0 Å². The highest BCUT2D eigenvalue weighted by molar-refractivity contribution is 5.88. The molecule has 1 atom stereocenters. The lowest BCUT2D eigenvalue weighted by molar-refractivity contribution is -0.140. The molecule has 5 heteroatoms. The van der Waals surface area contributed by atoms with Crippen molar-refractivity contribution in [3.63, 3.8) is 0 Å². The van der Waals surface area contributed by atoms with E-state index in [0.717, 1.165) is 11.1 Å². The number of benzene rings is 2. The topological polar surface area (TPSA) is 49.4 Å². The summed E-state index contributed by atoms with van der Waals surface area (Å²) < 4.78 is 13.2. The van der Waals surface area contributed by atoms with Gasteiger partial charge in [-0.2, -0.15) is 0 Å². The number of rotatable bonds is 9. The van der Waals surface area contributed by atoms with E-state index in [1.807, 2.05) is 30.3 Å². The first kappa shape index (κ1) is 20.4. The zero-order valence-corrected chi connectivity index (χ0v) is 15.5. The molecule has 0 aliphatic heterocycles. The lowest BCUT2D eigenvalue weighted by Gasteiger charge is -2.31. The number of hydrogen-bond donors (Lipinski definition) is 1. The Morgan fingerprint density at radius 3 is 2.37 bits per heavy atom. The summed E-state index contributed by atoms with van der Waals surface area (Å²) in [6.45, 7) is 5.95. The third-order valence-corrected chi connectivity index (χ3v) is 4.26. The SMILES string of the molecule is C=CCNC(=O)C(Cc1ccccc1)N(Cc1ccc(F)cc1)C(=O)CC. The summed E-state index contributed by atoms with van der Waals surface area (Å²) in [6, 6.07) is 14.9. The minimum Gasteiger partial charge on any atom is -0.351 e. The molecule has 0 saturated carbocycles. The molecule has 2 rings (SSSR count). The van der Waals surface area contributed by atoms with E-state index in [1.54, 1.807) is 30.0 Å². The van der Waals surface area contributed by atoms with Crippen LogP contribution in [0.2, 0.25) is 0 Å². The quantitative estimate of drug-likeness (QED) is 0.689. The molecular formula is C22H25FN2O2. The summed E-state index contributed by atoms with van der Waals surface area (Å²) in [5, 5.41) is 2.80. The molecule has 142 valence electrons. The van der Waals surface area contributed by atoms with Gasteiger partial charge in [0.25, 0.3) is 0 Å². The van der Waals surface area contributed by atoms with Gasteiger partial charge in [-0.25, -0.2) is 4.39 Å². The summed E-state index contributed by atoms with van der Waals surface area (Å²) in [6.07, 6.45) is 2.28. The number of nitrogens with one attached hydrogen (secondary N) is 1. The lowest BCUT2D eigenvalue weighted by atomic mass is 10.0. The first-order valence-corrected chi connectivity index (χ1v) is 9.01. The predicted octanol–water partition coefficient (Wildman–Crippen LogP) is 3.48. The molecule has 4 nitrogen and oxygen atoms in total. The molecule has 0 aliphatic rings. The second-order valence-corrected chi connectivity index (χ2v) is 6.24. The zero-order valence-electron chi connectivity index (χ0n) is 15.5. The van der Waals surface area contributed by atoms with E-state index >= 15 is 0 Å². The zero-order chi connectivity index (χ0) is 19.6. The number of hydrogen-bond acceptors (Lipinski definition) is 2.